The lowest BCUT2D eigenvalue weighted by Crippen LogP contribution is -2.39. The van der Waals surface area contributed by atoms with Crippen LogP contribution in [-0.2, 0) is 4.74 Å². The van der Waals surface area contributed by atoms with E-state index in [1.165, 1.54) is 18.8 Å². The number of pyridine rings is 1. The Kier molecular flexibility index (Phi) is 6.05. The van der Waals surface area contributed by atoms with Crippen molar-refractivity contribution in [2.24, 2.45) is 0 Å². The van der Waals surface area contributed by atoms with Gasteiger partial charge in [0.2, 0.25) is 11.4 Å². The number of nitrogens with zero attached hydrogens (tertiary/aromatic N) is 4. The van der Waals surface area contributed by atoms with Crippen molar-refractivity contribution in [1.82, 2.24) is 19.4 Å². The number of aromatic carboxylic acids is 1. The average Bonchev–Trinajstić information content (AvgIpc) is 2.75. The lowest BCUT2D eigenvalue weighted by atomic mass is 9.95. The van der Waals surface area contributed by atoms with Crippen molar-refractivity contribution in [3.05, 3.63) is 28.2 Å². The smallest absolute Gasteiger partial charge is 0.341 e. The minimum atomic E-state index is -1.21. The summed E-state index contributed by atoms with van der Waals surface area (Å²) in [5, 5.41) is 13.0. The van der Waals surface area contributed by atoms with Crippen LogP contribution in [0.25, 0.3) is 11.0 Å². The Morgan fingerprint density at radius 3 is 2.72 bits per heavy atom. The number of nitrogens with one attached hydrogen (secondary N) is 1. The third kappa shape index (κ3) is 4.40. The van der Waals surface area contributed by atoms with Crippen LogP contribution in [0.3, 0.4) is 0 Å². The molecule has 9 nitrogen and oxygen atoms in total. The highest BCUT2D eigenvalue weighted by atomic mass is 16.5. The minimum absolute atomic E-state index is 0.154. The van der Waals surface area contributed by atoms with Gasteiger partial charge in [0, 0.05) is 44.6 Å². The molecular formula is C20H27N5O4. The molecule has 0 amide bonds. The summed E-state index contributed by atoms with van der Waals surface area (Å²) in [5.41, 5.74) is -0.241. The fourth-order valence-electron chi connectivity index (χ4n) is 4.16. The molecule has 0 bridgehead atoms. The van der Waals surface area contributed by atoms with Crippen molar-refractivity contribution in [3.8, 4) is 0 Å². The number of anilines is 1. The topological polar surface area (TPSA) is 110 Å². The molecule has 0 atom stereocenters. The number of hydrogen-bond donors (Lipinski definition) is 2. The molecule has 0 spiro atoms. The van der Waals surface area contributed by atoms with Crippen molar-refractivity contribution < 1.29 is 14.6 Å². The van der Waals surface area contributed by atoms with Crippen molar-refractivity contribution >= 4 is 23.0 Å². The Hall–Kier alpha value is -2.52. The van der Waals surface area contributed by atoms with E-state index in [1.54, 1.807) is 0 Å². The zero-order valence-corrected chi connectivity index (χ0v) is 16.5. The number of carbonyl (C=O) groups is 1. The summed E-state index contributed by atoms with van der Waals surface area (Å²) in [7, 11) is 0. The van der Waals surface area contributed by atoms with Gasteiger partial charge < -0.3 is 19.7 Å². The zero-order chi connectivity index (χ0) is 20.2. The summed E-state index contributed by atoms with van der Waals surface area (Å²) < 4.78 is 7.24. The molecule has 2 aromatic rings. The average molecular weight is 401 g/mol. The van der Waals surface area contributed by atoms with Crippen LogP contribution in [-0.4, -0.2) is 69.9 Å². The maximum Gasteiger partial charge on any atom is 0.341 e. The number of carboxylic acids is 1. The van der Waals surface area contributed by atoms with Gasteiger partial charge in [-0.2, -0.15) is 4.98 Å². The number of rotatable bonds is 6. The Bertz CT molecular complexity index is 932. The van der Waals surface area contributed by atoms with Crippen LogP contribution in [0.5, 0.6) is 0 Å². The predicted octanol–water partition coefficient (Wildman–Crippen LogP) is 1.74. The van der Waals surface area contributed by atoms with E-state index in [0.717, 1.165) is 58.5 Å². The summed E-state index contributed by atoms with van der Waals surface area (Å²) in [6, 6.07) is 0.154. The van der Waals surface area contributed by atoms with Gasteiger partial charge in [-0.05, 0) is 12.8 Å². The second kappa shape index (κ2) is 8.87. The van der Waals surface area contributed by atoms with Crippen LogP contribution >= 0.6 is 0 Å². The Labute approximate surface area is 168 Å². The van der Waals surface area contributed by atoms with Crippen LogP contribution in [0.2, 0.25) is 0 Å². The fourth-order valence-corrected chi connectivity index (χ4v) is 4.16. The maximum absolute atomic E-state index is 12.6. The summed E-state index contributed by atoms with van der Waals surface area (Å²) >= 11 is 0. The number of fused-ring (bicyclic) bond motifs is 1. The van der Waals surface area contributed by atoms with E-state index in [9.17, 15) is 14.7 Å². The molecule has 9 heteroatoms. The van der Waals surface area contributed by atoms with Gasteiger partial charge >= 0.3 is 5.97 Å². The lowest BCUT2D eigenvalue weighted by molar-refractivity contribution is 0.0398. The highest BCUT2D eigenvalue weighted by Crippen LogP contribution is 2.30. The molecule has 1 saturated heterocycles. The minimum Gasteiger partial charge on any atom is -0.477 e. The van der Waals surface area contributed by atoms with E-state index in [0.29, 0.717) is 18.1 Å². The number of ether oxygens (including phenoxy) is 1. The normalized spacial score (nSPS) is 18.8. The van der Waals surface area contributed by atoms with E-state index >= 15 is 0 Å². The molecule has 2 N–H and O–H groups in total. The maximum atomic E-state index is 12.6. The van der Waals surface area contributed by atoms with E-state index < -0.39 is 11.4 Å². The van der Waals surface area contributed by atoms with Crippen LogP contribution in [0.4, 0.5) is 5.95 Å². The van der Waals surface area contributed by atoms with Crippen LogP contribution in [0, 0.1) is 0 Å². The quantitative estimate of drug-likeness (QED) is 0.753. The second-order valence-corrected chi connectivity index (χ2v) is 7.69. The Morgan fingerprint density at radius 2 is 2.00 bits per heavy atom. The van der Waals surface area contributed by atoms with Crippen molar-refractivity contribution in [3.63, 3.8) is 0 Å². The van der Waals surface area contributed by atoms with E-state index in [4.69, 9.17) is 4.74 Å². The molecule has 2 aliphatic rings. The summed E-state index contributed by atoms with van der Waals surface area (Å²) in [6.45, 7) is 4.89. The predicted molar refractivity (Wildman–Crippen MR) is 109 cm³/mol. The van der Waals surface area contributed by atoms with Gasteiger partial charge in [0.05, 0.1) is 18.6 Å². The SMILES string of the molecule is O=C(O)c1cn(C2CCCCC2)c2nc(NCCN3CCOCC3)ncc2c1=O. The molecule has 1 saturated carbocycles. The monoisotopic (exact) mass is 401 g/mol. The molecule has 2 fully saturated rings. The molecule has 29 heavy (non-hydrogen) atoms. The summed E-state index contributed by atoms with van der Waals surface area (Å²) in [4.78, 5) is 35.4. The van der Waals surface area contributed by atoms with Crippen LogP contribution < -0.4 is 10.7 Å². The first-order valence-electron chi connectivity index (χ1n) is 10.3. The molecule has 1 aliphatic heterocycles. The first kappa shape index (κ1) is 19.8. The Morgan fingerprint density at radius 1 is 1.24 bits per heavy atom. The second-order valence-electron chi connectivity index (χ2n) is 7.69. The van der Waals surface area contributed by atoms with Gasteiger partial charge in [0.25, 0.3) is 0 Å². The molecule has 0 aromatic carbocycles. The van der Waals surface area contributed by atoms with Gasteiger partial charge in [0.1, 0.15) is 11.2 Å². The van der Waals surface area contributed by atoms with E-state index in [2.05, 4.69) is 20.2 Å². The number of aromatic nitrogens is 3. The largest absolute Gasteiger partial charge is 0.477 e. The summed E-state index contributed by atoms with van der Waals surface area (Å²) in [6.07, 6.45) is 8.21. The number of hydrogen-bond acceptors (Lipinski definition) is 7. The molecule has 4 rings (SSSR count). The third-order valence-electron chi connectivity index (χ3n) is 5.78. The van der Waals surface area contributed by atoms with Gasteiger partial charge in [-0.15, -0.1) is 0 Å². The standard InChI is InChI=1S/C20H27N5O4/c26-17-15-12-22-20(21-6-7-24-8-10-29-11-9-24)23-18(15)25(13-16(17)19(27)28)14-4-2-1-3-5-14/h12-14H,1-11H2,(H,27,28)(H,21,22,23). The highest BCUT2D eigenvalue weighted by Gasteiger charge is 2.22. The van der Waals surface area contributed by atoms with Crippen LogP contribution in [0.1, 0.15) is 48.5 Å². The number of morpholine rings is 1. The molecular weight excluding hydrogens is 374 g/mol. The fraction of sp³-hybridized carbons (Fsp3) is 0.600. The molecule has 2 aromatic heterocycles. The van der Waals surface area contributed by atoms with Gasteiger partial charge in [0.15, 0.2) is 0 Å². The molecule has 0 unspecified atom stereocenters. The van der Waals surface area contributed by atoms with Gasteiger partial charge in [-0.25, -0.2) is 9.78 Å². The van der Waals surface area contributed by atoms with E-state index in [1.807, 2.05) is 4.57 Å². The van der Waals surface area contributed by atoms with Crippen molar-refractivity contribution in [2.45, 2.75) is 38.1 Å². The molecule has 156 valence electrons. The third-order valence-corrected chi connectivity index (χ3v) is 5.78. The summed E-state index contributed by atoms with van der Waals surface area (Å²) in [5.74, 6) is -0.757. The van der Waals surface area contributed by atoms with Crippen LogP contribution in [0.15, 0.2) is 17.2 Å². The first-order valence-corrected chi connectivity index (χ1v) is 10.3. The molecule has 3 heterocycles. The Balaban J connectivity index is 1.61. The van der Waals surface area contributed by atoms with E-state index in [-0.39, 0.29) is 17.0 Å². The van der Waals surface area contributed by atoms with Crippen molar-refractivity contribution in [1.29, 1.82) is 0 Å². The molecule has 1 aliphatic carbocycles. The lowest BCUT2D eigenvalue weighted by Gasteiger charge is -2.27. The highest BCUT2D eigenvalue weighted by molar-refractivity contribution is 5.91. The van der Waals surface area contributed by atoms with Gasteiger partial charge in [-0.3, -0.25) is 9.69 Å². The first-order chi connectivity index (χ1) is 14.1. The van der Waals surface area contributed by atoms with Crippen molar-refractivity contribution in [2.75, 3.05) is 44.7 Å². The molecule has 0 radical (unpaired) electrons. The van der Waals surface area contributed by atoms with Gasteiger partial charge in [-0.1, -0.05) is 19.3 Å². The zero-order valence-electron chi connectivity index (χ0n) is 16.5. The number of carboxylic acid groups (broad SMARTS) is 1.